The highest BCUT2D eigenvalue weighted by Crippen LogP contribution is 2.44. The van der Waals surface area contributed by atoms with Crippen molar-refractivity contribution in [1.29, 1.82) is 0 Å². The number of nitrogens with zero attached hydrogens (tertiary/aromatic N) is 1. The average Bonchev–Trinajstić information content (AvgIpc) is 2.98. The van der Waals surface area contributed by atoms with Crippen molar-refractivity contribution in [3.63, 3.8) is 0 Å². The number of rotatable bonds is 8. The molecule has 2 aliphatic rings. The summed E-state index contributed by atoms with van der Waals surface area (Å²) in [5, 5.41) is 12.1. The Balaban J connectivity index is 1.21. The highest BCUT2D eigenvalue weighted by Gasteiger charge is 2.29. The van der Waals surface area contributed by atoms with Gasteiger partial charge in [-0.1, -0.05) is 48.5 Å². The summed E-state index contributed by atoms with van der Waals surface area (Å²) in [7, 11) is 0. The van der Waals surface area contributed by atoms with E-state index in [1.165, 1.54) is 11.1 Å². The largest absolute Gasteiger partial charge is 0.481 e. The maximum Gasteiger partial charge on any atom is 0.407 e. The Hall–Kier alpha value is -3.39. The molecule has 1 fully saturated rings. The van der Waals surface area contributed by atoms with Gasteiger partial charge >= 0.3 is 12.1 Å². The number of ether oxygens (including phenoxy) is 2. The van der Waals surface area contributed by atoms with Crippen LogP contribution < -0.4 is 5.32 Å². The third kappa shape index (κ3) is 6.00. The molecule has 1 saturated heterocycles. The van der Waals surface area contributed by atoms with Gasteiger partial charge in [-0.05, 0) is 42.0 Å². The SMILES string of the molecule is CC(CCCC(=O)N1CCOCC(C(=O)O)C1)NC(=O)OCC1c2ccccc2-c2ccccc21. The molecule has 0 radical (unpaired) electrons. The summed E-state index contributed by atoms with van der Waals surface area (Å²) in [5.41, 5.74) is 4.69. The normalized spacial score (nSPS) is 18.2. The van der Waals surface area contributed by atoms with Crippen molar-refractivity contribution in [3.05, 3.63) is 59.7 Å². The molecule has 2 atom stereocenters. The third-order valence-electron chi connectivity index (χ3n) is 6.70. The summed E-state index contributed by atoms with van der Waals surface area (Å²) < 4.78 is 10.9. The second-order valence-corrected chi connectivity index (χ2v) is 9.21. The Morgan fingerprint density at radius 1 is 1.11 bits per heavy atom. The number of carboxylic acid groups (broad SMARTS) is 1. The lowest BCUT2D eigenvalue weighted by Gasteiger charge is -2.22. The topological polar surface area (TPSA) is 105 Å². The second kappa shape index (κ2) is 11.4. The summed E-state index contributed by atoms with van der Waals surface area (Å²) in [5.74, 6) is -1.73. The molecule has 0 spiro atoms. The van der Waals surface area contributed by atoms with Crippen LogP contribution in [-0.4, -0.2) is 66.9 Å². The standard InChI is InChI=1S/C27H32N2O6/c1-18(7-6-12-25(30)29-13-14-34-16-19(15-29)26(31)32)28-27(33)35-17-24-22-10-4-2-8-20(22)21-9-3-5-11-23(21)24/h2-5,8-11,18-19,24H,6-7,12-17H2,1H3,(H,28,33)(H,31,32). The van der Waals surface area contributed by atoms with Gasteiger partial charge < -0.3 is 24.8 Å². The number of carbonyl (C=O) groups is 3. The molecule has 0 aromatic heterocycles. The third-order valence-corrected chi connectivity index (χ3v) is 6.70. The molecule has 0 saturated carbocycles. The molecule has 0 bridgehead atoms. The predicted molar refractivity (Wildman–Crippen MR) is 130 cm³/mol. The van der Waals surface area contributed by atoms with Crippen molar-refractivity contribution < 1.29 is 29.0 Å². The molecule has 1 heterocycles. The zero-order valence-electron chi connectivity index (χ0n) is 19.9. The van der Waals surface area contributed by atoms with Crippen LogP contribution >= 0.6 is 0 Å². The van der Waals surface area contributed by atoms with Crippen LogP contribution in [0.2, 0.25) is 0 Å². The molecular weight excluding hydrogens is 448 g/mol. The molecule has 2 unspecified atom stereocenters. The summed E-state index contributed by atoms with van der Waals surface area (Å²) in [6, 6.07) is 16.2. The first-order valence-electron chi connectivity index (χ1n) is 12.1. The molecule has 35 heavy (non-hydrogen) atoms. The number of carbonyl (C=O) groups excluding carboxylic acids is 2. The zero-order valence-corrected chi connectivity index (χ0v) is 19.9. The van der Waals surface area contributed by atoms with E-state index in [4.69, 9.17) is 9.47 Å². The molecule has 4 rings (SSSR count). The van der Waals surface area contributed by atoms with Gasteiger partial charge in [0.05, 0.1) is 19.1 Å². The lowest BCUT2D eigenvalue weighted by Crippen LogP contribution is -2.38. The van der Waals surface area contributed by atoms with Gasteiger partial charge in [-0.15, -0.1) is 0 Å². The Kier molecular flexibility index (Phi) is 8.02. The molecule has 1 aliphatic heterocycles. The number of aliphatic carboxylic acids is 1. The molecule has 2 aromatic carbocycles. The van der Waals surface area contributed by atoms with Gasteiger partial charge in [0, 0.05) is 31.5 Å². The molecule has 186 valence electrons. The number of hydrogen-bond acceptors (Lipinski definition) is 5. The number of fused-ring (bicyclic) bond motifs is 3. The summed E-state index contributed by atoms with van der Waals surface area (Å²) >= 11 is 0. The van der Waals surface area contributed by atoms with Gasteiger partial charge in [0.25, 0.3) is 0 Å². The van der Waals surface area contributed by atoms with Gasteiger partial charge in [-0.2, -0.15) is 0 Å². The van der Waals surface area contributed by atoms with Crippen LogP contribution in [0.5, 0.6) is 0 Å². The van der Waals surface area contributed by atoms with E-state index >= 15 is 0 Å². The van der Waals surface area contributed by atoms with Crippen LogP contribution in [0.25, 0.3) is 11.1 Å². The number of nitrogens with one attached hydrogen (secondary N) is 1. The maximum atomic E-state index is 12.5. The van der Waals surface area contributed by atoms with Crippen molar-refractivity contribution >= 4 is 18.0 Å². The molecule has 1 aliphatic carbocycles. The van der Waals surface area contributed by atoms with E-state index in [0.29, 0.717) is 32.4 Å². The average molecular weight is 481 g/mol. The van der Waals surface area contributed by atoms with E-state index in [1.807, 2.05) is 31.2 Å². The zero-order chi connectivity index (χ0) is 24.8. The van der Waals surface area contributed by atoms with Gasteiger partial charge in [0.1, 0.15) is 6.61 Å². The fourth-order valence-electron chi connectivity index (χ4n) is 4.82. The van der Waals surface area contributed by atoms with Gasteiger partial charge in [0.2, 0.25) is 5.91 Å². The van der Waals surface area contributed by atoms with Crippen molar-refractivity contribution in [2.45, 2.75) is 38.1 Å². The van der Waals surface area contributed by atoms with Crippen LogP contribution in [0.3, 0.4) is 0 Å². The lowest BCUT2D eigenvalue weighted by molar-refractivity contribution is -0.144. The van der Waals surface area contributed by atoms with E-state index in [1.54, 1.807) is 4.90 Å². The number of carboxylic acids is 1. The Morgan fingerprint density at radius 2 is 1.77 bits per heavy atom. The monoisotopic (exact) mass is 480 g/mol. The van der Waals surface area contributed by atoms with Crippen LogP contribution in [-0.2, 0) is 19.1 Å². The van der Waals surface area contributed by atoms with Crippen LogP contribution in [0.15, 0.2) is 48.5 Å². The van der Waals surface area contributed by atoms with Gasteiger partial charge in [0.15, 0.2) is 0 Å². The van der Waals surface area contributed by atoms with E-state index in [2.05, 4.69) is 29.6 Å². The predicted octanol–water partition coefficient (Wildman–Crippen LogP) is 3.64. The van der Waals surface area contributed by atoms with Crippen LogP contribution in [0, 0.1) is 5.92 Å². The minimum atomic E-state index is -0.953. The summed E-state index contributed by atoms with van der Waals surface area (Å²) in [6.07, 6.45) is 1.02. The first kappa shape index (κ1) is 24.7. The van der Waals surface area contributed by atoms with E-state index < -0.39 is 18.0 Å². The number of alkyl carbamates (subject to hydrolysis) is 1. The Labute approximate surface area is 205 Å². The highest BCUT2D eigenvalue weighted by atomic mass is 16.5. The lowest BCUT2D eigenvalue weighted by atomic mass is 9.98. The first-order valence-corrected chi connectivity index (χ1v) is 12.1. The molecule has 8 heteroatoms. The first-order chi connectivity index (χ1) is 16.9. The Bertz CT molecular complexity index is 1030. The molecule has 2 amide bonds. The van der Waals surface area contributed by atoms with Crippen molar-refractivity contribution in [2.24, 2.45) is 5.92 Å². The minimum absolute atomic E-state index is 0.00769. The summed E-state index contributed by atoms with van der Waals surface area (Å²) in [4.78, 5) is 37.8. The van der Waals surface area contributed by atoms with E-state index in [0.717, 1.165) is 11.1 Å². The Morgan fingerprint density at radius 3 is 2.43 bits per heavy atom. The van der Waals surface area contributed by atoms with Gasteiger partial charge in [-0.25, -0.2) is 4.79 Å². The maximum absolute atomic E-state index is 12.5. The second-order valence-electron chi connectivity index (χ2n) is 9.21. The number of amides is 2. The number of hydrogen-bond donors (Lipinski definition) is 2. The van der Waals surface area contributed by atoms with E-state index in [9.17, 15) is 19.5 Å². The molecule has 2 N–H and O–H groups in total. The quantitative estimate of drug-likeness (QED) is 0.598. The van der Waals surface area contributed by atoms with Crippen molar-refractivity contribution in [3.8, 4) is 11.1 Å². The van der Waals surface area contributed by atoms with Crippen molar-refractivity contribution in [1.82, 2.24) is 10.2 Å². The van der Waals surface area contributed by atoms with E-state index in [-0.39, 0.29) is 37.6 Å². The molecular formula is C27H32N2O6. The van der Waals surface area contributed by atoms with Crippen LogP contribution in [0.1, 0.15) is 43.2 Å². The molecule has 2 aromatic rings. The molecule has 8 nitrogen and oxygen atoms in total. The minimum Gasteiger partial charge on any atom is -0.481 e. The van der Waals surface area contributed by atoms with Crippen molar-refractivity contribution in [2.75, 3.05) is 32.9 Å². The van der Waals surface area contributed by atoms with Gasteiger partial charge in [-0.3, -0.25) is 9.59 Å². The smallest absolute Gasteiger partial charge is 0.407 e. The highest BCUT2D eigenvalue weighted by molar-refractivity contribution is 5.79. The summed E-state index contributed by atoms with van der Waals surface area (Å²) in [6.45, 7) is 3.17. The van der Waals surface area contributed by atoms with Crippen LogP contribution in [0.4, 0.5) is 4.79 Å². The number of benzene rings is 2. The fraction of sp³-hybridized carbons (Fsp3) is 0.444. The fourth-order valence-corrected chi connectivity index (χ4v) is 4.82.